The Balaban J connectivity index is 1.76. The number of pyridine rings is 1. The fourth-order valence-electron chi connectivity index (χ4n) is 2.51. The van der Waals surface area contributed by atoms with Gasteiger partial charge in [0.2, 0.25) is 0 Å². The third kappa shape index (κ3) is 4.85. The van der Waals surface area contributed by atoms with Crippen LogP contribution in [0.15, 0.2) is 42.0 Å². The highest BCUT2D eigenvalue weighted by Gasteiger charge is 2.22. The van der Waals surface area contributed by atoms with E-state index in [-0.39, 0.29) is 24.3 Å². The van der Waals surface area contributed by atoms with Crippen LogP contribution in [0.3, 0.4) is 0 Å². The highest BCUT2D eigenvalue weighted by Crippen LogP contribution is 2.28. The predicted molar refractivity (Wildman–Crippen MR) is 103 cm³/mol. The van der Waals surface area contributed by atoms with Gasteiger partial charge in [-0.15, -0.1) is 11.3 Å². The average Bonchev–Trinajstić information content (AvgIpc) is 3.21. The van der Waals surface area contributed by atoms with Crippen LogP contribution < -0.4 is 5.32 Å². The molecule has 150 valence electrons. The Bertz CT molecular complexity index is 1030. The first-order chi connectivity index (χ1) is 13.8. The maximum Gasteiger partial charge on any atom is 0.272 e. The minimum Gasteiger partial charge on any atom is -0.503 e. The molecule has 2 aromatic heterocycles. The molecule has 0 fully saturated rings. The summed E-state index contributed by atoms with van der Waals surface area (Å²) in [6.45, 7) is 0.342. The summed E-state index contributed by atoms with van der Waals surface area (Å²) in [6.07, 6.45) is 1.63. The molecular weight excluding hydrogens is 399 g/mol. The van der Waals surface area contributed by atoms with Crippen molar-refractivity contribution in [1.82, 2.24) is 20.2 Å². The lowest BCUT2D eigenvalue weighted by molar-refractivity contribution is 0.0779. The molecule has 0 saturated heterocycles. The van der Waals surface area contributed by atoms with E-state index in [1.165, 1.54) is 40.5 Å². The number of aromatic nitrogens is 2. The highest BCUT2D eigenvalue weighted by molar-refractivity contribution is 7.09. The van der Waals surface area contributed by atoms with Crippen molar-refractivity contribution >= 4 is 23.2 Å². The van der Waals surface area contributed by atoms with Crippen LogP contribution in [0.2, 0.25) is 0 Å². The van der Waals surface area contributed by atoms with E-state index in [0.717, 1.165) is 10.9 Å². The van der Waals surface area contributed by atoms with Crippen molar-refractivity contribution < 1.29 is 24.2 Å². The summed E-state index contributed by atoms with van der Waals surface area (Å²) in [7, 11) is 1.54. The lowest BCUT2D eigenvalue weighted by Crippen LogP contribution is -2.28. The Morgan fingerprint density at radius 1 is 1.24 bits per heavy atom. The zero-order chi connectivity index (χ0) is 21.0. The van der Waals surface area contributed by atoms with E-state index < -0.39 is 29.3 Å². The quantitative estimate of drug-likeness (QED) is 0.568. The van der Waals surface area contributed by atoms with Crippen molar-refractivity contribution in [2.24, 2.45) is 0 Å². The molecule has 0 aliphatic heterocycles. The second kappa shape index (κ2) is 8.65. The van der Waals surface area contributed by atoms with E-state index in [4.69, 9.17) is 0 Å². The molecular formula is C19H17FN4O4S. The molecule has 8 nitrogen and oxygen atoms in total. The molecule has 3 rings (SSSR count). The van der Waals surface area contributed by atoms with Crippen molar-refractivity contribution in [2.75, 3.05) is 7.05 Å². The number of benzene rings is 1. The number of thiazole rings is 1. The van der Waals surface area contributed by atoms with Crippen LogP contribution >= 0.6 is 11.3 Å². The molecule has 1 aromatic carbocycles. The molecule has 10 heteroatoms. The smallest absolute Gasteiger partial charge is 0.272 e. The zero-order valence-electron chi connectivity index (χ0n) is 15.3. The third-order valence-corrected chi connectivity index (χ3v) is 4.79. The number of hydrogen-bond donors (Lipinski definition) is 3. The van der Waals surface area contributed by atoms with Crippen molar-refractivity contribution in [1.29, 1.82) is 0 Å². The average molecular weight is 416 g/mol. The first-order valence-electron chi connectivity index (χ1n) is 8.43. The van der Waals surface area contributed by atoms with Crippen LogP contribution in [-0.4, -0.2) is 43.9 Å². The SMILES string of the molecule is CN(Cc1cncs1)C(=O)c1cc(C(=O)NCc2ccc(F)cc2)c(O)c(O)n1. The number of halogens is 1. The fourth-order valence-corrected chi connectivity index (χ4v) is 3.16. The van der Waals surface area contributed by atoms with Crippen LogP contribution in [0, 0.1) is 5.82 Å². The molecule has 0 radical (unpaired) electrons. The van der Waals surface area contributed by atoms with Gasteiger partial charge in [-0.25, -0.2) is 9.37 Å². The van der Waals surface area contributed by atoms with Gasteiger partial charge in [-0.2, -0.15) is 0 Å². The minimum atomic E-state index is -0.825. The predicted octanol–water partition coefficient (Wildman–Crippen LogP) is 2.29. The van der Waals surface area contributed by atoms with Crippen LogP contribution in [0.1, 0.15) is 31.3 Å². The summed E-state index contributed by atoms with van der Waals surface area (Å²) in [5, 5.41) is 22.4. The minimum absolute atomic E-state index is 0.0657. The first kappa shape index (κ1) is 20.2. The van der Waals surface area contributed by atoms with Gasteiger partial charge in [0.25, 0.3) is 17.7 Å². The number of carbonyl (C=O) groups is 2. The van der Waals surface area contributed by atoms with Crippen molar-refractivity contribution in [2.45, 2.75) is 13.1 Å². The molecule has 2 heterocycles. The first-order valence-corrected chi connectivity index (χ1v) is 9.31. The largest absolute Gasteiger partial charge is 0.503 e. The molecule has 0 saturated carbocycles. The monoisotopic (exact) mass is 416 g/mol. The van der Waals surface area contributed by atoms with Gasteiger partial charge in [0, 0.05) is 24.7 Å². The zero-order valence-corrected chi connectivity index (χ0v) is 16.1. The fraction of sp³-hybridized carbons (Fsp3) is 0.158. The third-order valence-electron chi connectivity index (χ3n) is 4.03. The lowest BCUT2D eigenvalue weighted by atomic mass is 10.1. The van der Waals surface area contributed by atoms with Gasteiger partial charge >= 0.3 is 0 Å². The molecule has 2 amide bonds. The van der Waals surface area contributed by atoms with Gasteiger partial charge in [-0.1, -0.05) is 12.1 Å². The second-order valence-electron chi connectivity index (χ2n) is 6.17. The molecule has 0 spiro atoms. The topological polar surface area (TPSA) is 116 Å². The Morgan fingerprint density at radius 3 is 2.62 bits per heavy atom. The number of carbonyl (C=O) groups excluding carboxylic acids is 2. The normalized spacial score (nSPS) is 10.6. The molecule has 0 bridgehead atoms. The summed E-state index contributed by atoms with van der Waals surface area (Å²) in [6, 6.07) is 6.63. The summed E-state index contributed by atoms with van der Waals surface area (Å²) in [5.41, 5.74) is 1.79. The number of hydrogen-bond acceptors (Lipinski definition) is 7. The Hall–Kier alpha value is -3.53. The number of aromatic hydroxyl groups is 2. The van der Waals surface area contributed by atoms with Crippen LogP contribution in [0.5, 0.6) is 11.6 Å². The van der Waals surface area contributed by atoms with Gasteiger partial charge in [0.15, 0.2) is 5.75 Å². The van der Waals surface area contributed by atoms with Gasteiger partial charge in [-0.3, -0.25) is 14.6 Å². The van der Waals surface area contributed by atoms with Crippen molar-refractivity contribution in [3.8, 4) is 11.6 Å². The number of nitrogens with one attached hydrogen (secondary N) is 1. The lowest BCUT2D eigenvalue weighted by Gasteiger charge is -2.16. The van der Waals surface area contributed by atoms with Gasteiger partial charge in [0.05, 0.1) is 17.6 Å². The second-order valence-corrected chi connectivity index (χ2v) is 7.14. The molecule has 3 N–H and O–H groups in total. The molecule has 0 atom stereocenters. The van der Waals surface area contributed by atoms with Crippen LogP contribution in [0.4, 0.5) is 4.39 Å². The van der Waals surface area contributed by atoms with Gasteiger partial charge < -0.3 is 20.4 Å². The molecule has 0 aliphatic rings. The number of amides is 2. The Kier molecular flexibility index (Phi) is 6.03. The standard InChI is InChI=1S/C19H17FN4O4S/c1-24(9-13-8-21-10-29-13)19(28)15-6-14(16(25)18(27)23-15)17(26)22-7-11-2-4-12(20)5-3-11/h2-6,8,10,25H,7,9H2,1H3,(H,22,26)(H,23,27). The summed E-state index contributed by atoms with van der Waals surface area (Å²) < 4.78 is 13.0. The van der Waals surface area contributed by atoms with Crippen molar-refractivity contribution in [3.05, 3.63) is 69.6 Å². The highest BCUT2D eigenvalue weighted by atomic mass is 32.1. The maximum absolute atomic E-state index is 13.0. The van der Waals surface area contributed by atoms with E-state index in [0.29, 0.717) is 5.56 Å². The van der Waals surface area contributed by atoms with Crippen LogP contribution in [0.25, 0.3) is 0 Å². The maximum atomic E-state index is 13.0. The van der Waals surface area contributed by atoms with Crippen LogP contribution in [-0.2, 0) is 13.1 Å². The Morgan fingerprint density at radius 2 is 1.97 bits per heavy atom. The molecule has 3 aromatic rings. The Labute approximate surface area is 169 Å². The summed E-state index contributed by atoms with van der Waals surface area (Å²) >= 11 is 1.38. The van der Waals surface area contributed by atoms with E-state index in [1.807, 2.05) is 0 Å². The van der Waals surface area contributed by atoms with E-state index in [9.17, 15) is 24.2 Å². The number of rotatable bonds is 6. The van der Waals surface area contributed by atoms with E-state index in [1.54, 1.807) is 18.8 Å². The van der Waals surface area contributed by atoms with Gasteiger partial charge in [-0.05, 0) is 23.8 Å². The number of nitrogens with zero attached hydrogens (tertiary/aromatic N) is 3. The molecule has 0 unspecified atom stereocenters. The van der Waals surface area contributed by atoms with Crippen molar-refractivity contribution in [3.63, 3.8) is 0 Å². The van der Waals surface area contributed by atoms with E-state index in [2.05, 4.69) is 15.3 Å². The van der Waals surface area contributed by atoms with Gasteiger partial charge in [0.1, 0.15) is 11.5 Å². The van der Waals surface area contributed by atoms with E-state index >= 15 is 0 Å². The molecule has 29 heavy (non-hydrogen) atoms. The molecule has 0 aliphatic carbocycles. The summed E-state index contributed by atoms with van der Waals surface area (Å²) in [5.74, 6) is -3.22. The summed E-state index contributed by atoms with van der Waals surface area (Å²) in [4.78, 5) is 34.9.